The number of hydrogen-bond donors (Lipinski definition) is 1. The molecule has 1 aromatic heterocycles. The highest BCUT2D eigenvalue weighted by Crippen LogP contribution is 2.27. The molecule has 2 heterocycles. The Morgan fingerprint density at radius 1 is 0.889 bits per heavy atom. The van der Waals surface area contributed by atoms with Crippen LogP contribution < -0.4 is 0 Å². The lowest BCUT2D eigenvalue weighted by Gasteiger charge is -2.31. The minimum absolute atomic E-state index is 0.00707. The van der Waals surface area contributed by atoms with Crippen LogP contribution in [0.1, 0.15) is 45.6 Å². The first-order valence-electron chi connectivity index (χ1n) is 12.7. The summed E-state index contributed by atoms with van der Waals surface area (Å²) in [5, 5.41) is 14.6. The van der Waals surface area contributed by atoms with E-state index in [1.54, 1.807) is 12.1 Å². The van der Waals surface area contributed by atoms with E-state index in [1.165, 1.54) is 16.7 Å². The number of phenolic OH excluding ortho intramolecular Hbond substituents is 1. The van der Waals surface area contributed by atoms with Gasteiger partial charge in [-0.05, 0) is 80.5 Å². The van der Waals surface area contributed by atoms with Gasteiger partial charge in [0.1, 0.15) is 5.75 Å². The summed E-state index contributed by atoms with van der Waals surface area (Å²) >= 11 is 0. The van der Waals surface area contributed by atoms with Crippen molar-refractivity contribution in [2.75, 3.05) is 13.1 Å². The molecule has 1 N–H and O–H groups in total. The highest BCUT2D eigenvalue weighted by Gasteiger charge is 2.26. The van der Waals surface area contributed by atoms with Crippen molar-refractivity contribution in [3.05, 3.63) is 107 Å². The third-order valence-electron chi connectivity index (χ3n) is 7.04. The van der Waals surface area contributed by atoms with Gasteiger partial charge in [0.15, 0.2) is 5.69 Å². The minimum Gasteiger partial charge on any atom is -0.508 e. The van der Waals surface area contributed by atoms with E-state index >= 15 is 0 Å². The van der Waals surface area contributed by atoms with E-state index in [-0.39, 0.29) is 11.7 Å². The van der Waals surface area contributed by atoms with Crippen molar-refractivity contribution < 1.29 is 9.90 Å². The molecule has 0 saturated carbocycles. The maximum atomic E-state index is 13.5. The number of hydrogen-bond acceptors (Lipinski definition) is 3. The van der Waals surface area contributed by atoms with E-state index < -0.39 is 0 Å². The Labute approximate surface area is 213 Å². The smallest absolute Gasteiger partial charge is 0.274 e. The number of carbonyl (C=O) groups excluding carboxylic acids is 1. The molecule has 0 spiro atoms. The zero-order valence-corrected chi connectivity index (χ0v) is 21.0. The fourth-order valence-corrected chi connectivity index (χ4v) is 5.29. The van der Waals surface area contributed by atoms with Gasteiger partial charge in [0, 0.05) is 18.7 Å². The van der Waals surface area contributed by atoms with Crippen LogP contribution in [-0.2, 0) is 13.0 Å². The molecule has 1 amide bonds. The van der Waals surface area contributed by atoms with Gasteiger partial charge in [-0.2, -0.15) is 5.10 Å². The number of aromatic nitrogens is 2. The summed E-state index contributed by atoms with van der Waals surface area (Å²) in [5.74, 6) is 0.812. The van der Waals surface area contributed by atoms with Crippen molar-refractivity contribution in [2.24, 2.45) is 5.92 Å². The molecular weight excluding hydrogens is 446 g/mol. The van der Waals surface area contributed by atoms with Gasteiger partial charge in [-0.15, -0.1) is 0 Å². The van der Waals surface area contributed by atoms with Crippen molar-refractivity contribution >= 4 is 5.91 Å². The number of carbonyl (C=O) groups is 1. The average molecular weight is 480 g/mol. The molecule has 1 saturated heterocycles. The Balaban J connectivity index is 1.35. The second-order valence-corrected chi connectivity index (χ2v) is 10.0. The van der Waals surface area contributed by atoms with Crippen LogP contribution in [0, 0.1) is 19.8 Å². The molecule has 0 bridgehead atoms. The first-order chi connectivity index (χ1) is 17.4. The van der Waals surface area contributed by atoms with Crippen LogP contribution in [0.2, 0.25) is 0 Å². The molecule has 36 heavy (non-hydrogen) atoms. The minimum atomic E-state index is -0.00707. The van der Waals surface area contributed by atoms with Crippen LogP contribution in [0.4, 0.5) is 0 Å². The van der Waals surface area contributed by atoms with Crippen LogP contribution >= 0.6 is 0 Å². The van der Waals surface area contributed by atoms with E-state index in [0.717, 1.165) is 49.2 Å². The van der Waals surface area contributed by atoms with E-state index in [1.807, 2.05) is 27.8 Å². The molecule has 4 aromatic rings. The second kappa shape index (κ2) is 10.4. The summed E-state index contributed by atoms with van der Waals surface area (Å²) in [7, 11) is 0. The molecule has 5 nitrogen and oxygen atoms in total. The van der Waals surface area contributed by atoms with Gasteiger partial charge in [-0.1, -0.05) is 59.7 Å². The topological polar surface area (TPSA) is 58.4 Å². The zero-order chi connectivity index (χ0) is 25.1. The van der Waals surface area contributed by atoms with Crippen LogP contribution in [0.25, 0.3) is 11.3 Å². The van der Waals surface area contributed by atoms with Crippen molar-refractivity contribution in [2.45, 2.75) is 39.7 Å². The fraction of sp³-hybridized carbons (Fsp3) is 0.290. The second-order valence-electron chi connectivity index (χ2n) is 10.0. The number of likely N-dealkylation sites (tertiary alicyclic amines) is 1. The molecule has 0 aliphatic carbocycles. The third kappa shape index (κ3) is 5.51. The van der Waals surface area contributed by atoms with Crippen molar-refractivity contribution in [1.29, 1.82) is 0 Å². The van der Waals surface area contributed by atoms with Crippen molar-refractivity contribution in [3.63, 3.8) is 0 Å². The van der Waals surface area contributed by atoms with Crippen LogP contribution in [0.3, 0.4) is 0 Å². The molecule has 0 atom stereocenters. The van der Waals surface area contributed by atoms with Gasteiger partial charge in [-0.3, -0.25) is 9.48 Å². The van der Waals surface area contributed by atoms with Gasteiger partial charge >= 0.3 is 0 Å². The van der Waals surface area contributed by atoms with Crippen LogP contribution in [0.5, 0.6) is 5.75 Å². The van der Waals surface area contributed by atoms with Crippen molar-refractivity contribution in [3.8, 4) is 17.0 Å². The molecule has 1 aliphatic heterocycles. The Morgan fingerprint density at radius 2 is 1.56 bits per heavy atom. The van der Waals surface area contributed by atoms with Gasteiger partial charge < -0.3 is 10.0 Å². The number of aromatic hydroxyl groups is 1. The standard InChI is InChI=1S/C31H33N3O2/c1-22-16-23(2)18-26(17-22)21-34-30(27-8-10-28(35)11-9-27)20-29(32-34)31(36)33-14-12-25(13-15-33)19-24-6-4-3-5-7-24/h3-11,16-18,20,25,35H,12-15,19,21H2,1-2H3. The highest BCUT2D eigenvalue weighted by atomic mass is 16.3. The lowest BCUT2D eigenvalue weighted by atomic mass is 9.90. The van der Waals surface area contributed by atoms with Crippen LogP contribution in [-0.4, -0.2) is 38.8 Å². The molecule has 0 radical (unpaired) electrons. The summed E-state index contributed by atoms with van der Waals surface area (Å²) in [6, 6.07) is 26.1. The maximum absolute atomic E-state index is 13.5. The summed E-state index contributed by atoms with van der Waals surface area (Å²) in [5.41, 5.74) is 7.20. The zero-order valence-electron chi connectivity index (χ0n) is 21.0. The Hall–Kier alpha value is -3.86. The van der Waals surface area contributed by atoms with E-state index in [9.17, 15) is 9.90 Å². The molecular formula is C31H33N3O2. The molecule has 1 fully saturated rings. The quantitative estimate of drug-likeness (QED) is 0.368. The number of piperidine rings is 1. The third-order valence-corrected chi connectivity index (χ3v) is 7.04. The summed E-state index contributed by atoms with van der Waals surface area (Å²) in [4.78, 5) is 15.4. The SMILES string of the molecule is Cc1cc(C)cc(Cn2nc(C(=O)N3CCC(Cc4ccccc4)CC3)cc2-c2ccc(O)cc2)c1. The lowest BCUT2D eigenvalue weighted by molar-refractivity contribution is 0.0683. The number of aryl methyl sites for hydroxylation is 2. The predicted octanol–water partition coefficient (Wildman–Crippen LogP) is 6.02. The van der Waals surface area contributed by atoms with Gasteiger partial charge in [0.25, 0.3) is 5.91 Å². The normalized spacial score (nSPS) is 14.2. The summed E-state index contributed by atoms with van der Waals surface area (Å²) in [6.45, 7) is 6.28. The molecule has 0 unspecified atom stereocenters. The molecule has 5 rings (SSSR count). The average Bonchev–Trinajstić information content (AvgIpc) is 3.28. The summed E-state index contributed by atoms with van der Waals surface area (Å²) in [6.07, 6.45) is 3.09. The summed E-state index contributed by atoms with van der Waals surface area (Å²) < 4.78 is 1.91. The van der Waals surface area contributed by atoms with Gasteiger partial charge in [-0.25, -0.2) is 0 Å². The lowest BCUT2D eigenvalue weighted by Crippen LogP contribution is -2.39. The number of phenols is 1. The first-order valence-corrected chi connectivity index (χ1v) is 12.7. The van der Waals surface area contributed by atoms with E-state index in [4.69, 9.17) is 5.10 Å². The maximum Gasteiger partial charge on any atom is 0.274 e. The molecule has 3 aromatic carbocycles. The Bertz CT molecular complexity index is 1310. The predicted molar refractivity (Wildman–Crippen MR) is 143 cm³/mol. The monoisotopic (exact) mass is 479 g/mol. The highest BCUT2D eigenvalue weighted by molar-refractivity contribution is 5.93. The number of nitrogens with zero attached hydrogens (tertiary/aromatic N) is 3. The number of benzene rings is 3. The van der Waals surface area contributed by atoms with Crippen LogP contribution in [0.15, 0.2) is 78.9 Å². The van der Waals surface area contributed by atoms with E-state index in [2.05, 4.69) is 62.4 Å². The Kier molecular flexibility index (Phi) is 6.90. The van der Waals surface area contributed by atoms with Gasteiger partial charge in [0.05, 0.1) is 12.2 Å². The first kappa shape index (κ1) is 23.9. The van der Waals surface area contributed by atoms with E-state index in [0.29, 0.717) is 18.2 Å². The molecule has 184 valence electrons. The largest absolute Gasteiger partial charge is 0.508 e. The number of rotatable bonds is 6. The molecule has 5 heteroatoms. The van der Waals surface area contributed by atoms with Crippen molar-refractivity contribution in [1.82, 2.24) is 14.7 Å². The fourth-order valence-electron chi connectivity index (χ4n) is 5.29. The molecule has 1 aliphatic rings. The Morgan fingerprint density at radius 3 is 2.22 bits per heavy atom. The number of amides is 1. The van der Waals surface area contributed by atoms with Gasteiger partial charge in [0.2, 0.25) is 0 Å².